The van der Waals surface area contributed by atoms with E-state index in [1.807, 2.05) is 30.5 Å². The fourth-order valence-electron chi connectivity index (χ4n) is 3.68. The van der Waals surface area contributed by atoms with Crippen molar-refractivity contribution in [3.8, 4) is 0 Å². The van der Waals surface area contributed by atoms with Gasteiger partial charge in [0.25, 0.3) is 0 Å². The van der Waals surface area contributed by atoms with Crippen molar-refractivity contribution in [3.05, 3.63) is 48.8 Å². The number of pyridine rings is 2. The highest BCUT2D eigenvalue weighted by atomic mass is 16.5. The molecular formula is C21H22N6O. The molecule has 1 aliphatic heterocycles. The molecule has 1 unspecified atom stereocenters. The van der Waals surface area contributed by atoms with E-state index in [1.165, 1.54) is 6.42 Å². The topological polar surface area (TPSA) is 87.8 Å². The van der Waals surface area contributed by atoms with Crippen molar-refractivity contribution < 1.29 is 4.74 Å². The summed E-state index contributed by atoms with van der Waals surface area (Å²) in [5.41, 5.74) is 2.70. The largest absolute Gasteiger partial charge is 0.381 e. The second kappa shape index (κ2) is 7.44. The molecule has 28 heavy (non-hydrogen) atoms. The third-order valence-electron chi connectivity index (χ3n) is 5.16. The molecule has 0 saturated carbocycles. The Balaban J connectivity index is 1.37. The summed E-state index contributed by atoms with van der Waals surface area (Å²) in [6.45, 7) is 2.61. The number of aromatic amines is 1. The van der Waals surface area contributed by atoms with E-state index in [0.29, 0.717) is 5.92 Å². The second-order valence-electron chi connectivity index (χ2n) is 7.16. The van der Waals surface area contributed by atoms with Gasteiger partial charge in [0.2, 0.25) is 0 Å². The molecule has 1 aliphatic rings. The molecule has 1 atom stereocenters. The molecule has 7 nitrogen and oxygen atoms in total. The second-order valence-corrected chi connectivity index (χ2v) is 7.16. The molecule has 3 aromatic heterocycles. The number of ether oxygens (including phenoxy) is 1. The van der Waals surface area contributed by atoms with E-state index in [-0.39, 0.29) is 0 Å². The van der Waals surface area contributed by atoms with Crippen LogP contribution < -0.4 is 10.6 Å². The zero-order valence-electron chi connectivity index (χ0n) is 15.5. The quantitative estimate of drug-likeness (QED) is 0.488. The number of benzene rings is 1. The van der Waals surface area contributed by atoms with Crippen molar-refractivity contribution in [2.45, 2.75) is 12.8 Å². The Morgan fingerprint density at radius 1 is 1.11 bits per heavy atom. The number of nitrogens with zero attached hydrogens (tertiary/aromatic N) is 3. The molecule has 0 bridgehead atoms. The van der Waals surface area contributed by atoms with Crippen LogP contribution in [0, 0.1) is 5.92 Å². The summed E-state index contributed by atoms with van der Waals surface area (Å²) in [4.78, 5) is 8.93. The van der Waals surface area contributed by atoms with Gasteiger partial charge >= 0.3 is 0 Å². The van der Waals surface area contributed by atoms with Crippen molar-refractivity contribution in [1.29, 1.82) is 0 Å². The monoisotopic (exact) mass is 374 g/mol. The smallest absolute Gasteiger partial charge is 0.178 e. The number of H-pyrrole nitrogens is 1. The highest BCUT2D eigenvalue weighted by Crippen LogP contribution is 2.28. The van der Waals surface area contributed by atoms with Crippen molar-refractivity contribution in [3.63, 3.8) is 0 Å². The normalized spacial score (nSPS) is 17.1. The number of rotatable bonds is 5. The van der Waals surface area contributed by atoms with Crippen LogP contribution >= 0.6 is 0 Å². The minimum Gasteiger partial charge on any atom is -0.381 e. The van der Waals surface area contributed by atoms with Crippen LogP contribution in [0.2, 0.25) is 0 Å². The standard InChI is InChI=1S/C21H22N6O/c1-4-18-19(22-8-1)21(27-26-18)25-16-5-6-17-15(11-16)7-9-23-20(17)24-12-14-3-2-10-28-13-14/h1,4-9,11,14H,2-3,10,12-13H2,(H,23,24)(H2,25,26,27). The fourth-order valence-corrected chi connectivity index (χ4v) is 3.68. The van der Waals surface area contributed by atoms with Crippen LogP contribution in [0.15, 0.2) is 48.8 Å². The maximum Gasteiger partial charge on any atom is 0.178 e. The van der Waals surface area contributed by atoms with E-state index >= 15 is 0 Å². The van der Waals surface area contributed by atoms with Gasteiger partial charge < -0.3 is 15.4 Å². The predicted octanol–water partition coefficient (Wildman–Crippen LogP) is 4.09. The average molecular weight is 374 g/mol. The first-order valence-corrected chi connectivity index (χ1v) is 9.63. The number of aromatic nitrogens is 4. The Hall–Kier alpha value is -3.19. The van der Waals surface area contributed by atoms with Gasteiger partial charge in [0.1, 0.15) is 11.3 Å². The van der Waals surface area contributed by atoms with Gasteiger partial charge in [-0.1, -0.05) is 0 Å². The number of hydrogen-bond donors (Lipinski definition) is 3. The van der Waals surface area contributed by atoms with Crippen LogP contribution in [0.3, 0.4) is 0 Å². The van der Waals surface area contributed by atoms with Gasteiger partial charge in [-0.15, -0.1) is 0 Å². The summed E-state index contributed by atoms with van der Waals surface area (Å²) < 4.78 is 5.57. The summed E-state index contributed by atoms with van der Waals surface area (Å²) in [5, 5.41) is 16.4. The number of nitrogens with one attached hydrogen (secondary N) is 3. The molecule has 5 rings (SSSR count). The van der Waals surface area contributed by atoms with Crippen LogP contribution in [0.5, 0.6) is 0 Å². The minimum absolute atomic E-state index is 0.548. The number of hydrogen-bond acceptors (Lipinski definition) is 6. The summed E-state index contributed by atoms with van der Waals surface area (Å²) in [6.07, 6.45) is 5.96. The van der Waals surface area contributed by atoms with Gasteiger partial charge in [-0.05, 0) is 60.5 Å². The Bertz CT molecular complexity index is 1100. The maximum atomic E-state index is 5.57. The molecule has 1 saturated heterocycles. The van der Waals surface area contributed by atoms with Gasteiger partial charge in [0.05, 0.1) is 12.1 Å². The van der Waals surface area contributed by atoms with Gasteiger partial charge in [-0.2, -0.15) is 5.10 Å². The van der Waals surface area contributed by atoms with Gasteiger partial charge in [0.15, 0.2) is 5.82 Å². The lowest BCUT2D eigenvalue weighted by Gasteiger charge is -2.22. The predicted molar refractivity (Wildman–Crippen MR) is 111 cm³/mol. The molecule has 7 heteroatoms. The first kappa shape index (κ1) is 16.9. The van der Waals surface area contributed by atoms with E-state index in [9.17, 15) is 0 Å². The lowest BCUT2D eigenvalue weighted by molar-refractivity contribution is 0.0595. The first-order valence-electron chi connectivity index (χ1n) is 9.63. The first-order chi connectivity index (χ1) is 13.9. The molecule has 1 fully saturated rings. The molecule has 0 spiro atoms. The van der Waals surface area contributed by atoms with Crippen LogP contribution in [0.4, 0.5) is 17.3 Å². The van der Waals surface area contributed by atoms with E-state index < -0.39 is 0 Å². The van der Waals surface area contributed by atoms with Gasteiger partial charge in [-0.3, -0.25) is 10.1 Å². The zero-order valence-corrected chi connectivity index (χ0v) is 15.5. The van der Waals surface area contributed by atoms with Crippen LogP contribution in [0.1, 0.15) is 12.8 Å². The lowest BCUT2D eigenvalue weighted by atomic mass is 10.0. The van der Waals surface area contributed by atoms with Crippen molar-refractivity contribution in [2.75, 3.05) is 30.4 Å². The molecule has 0 aliphatic carbocycles. The molecule has 1 aromatic carbocycles. The third-order valence-corrected chi connectivity index (χ3v) is 5.16. The number of fused-ring (bicyclic) bond motifs is 2. The van der Waals surface area contributed by atoms with Crippen LogP contribution in [-0.4, -0.2) is 39.9 Å². The molecular weight excluding hydrogens is 352 g/mol. The Labute approximate surface area is 162 Å². The van der Waals surface area contributed by atoms with Crippen molar-refractivity contribution >= 4 is 39.1 Å². The molecule has 0 radical (unpaired) electrons. The van der Waals surface area contributed by atoms with E-state index in [4.69, 9.17) is 4.74 Å². The highest BCUT2D eigenvalue weighted by molar-refractivity contribution is 5.95. The highest BCUT2D eigenvalue weighted by Gasteiger charge is 2.14. The molecule has 3 N–H and O–H groups in total. The SMILES string of the molecule is c1cnc2c(Nc3ccc4c(NCC5CCCOC5)nccc4c3)n[nH]c2c1. The van der Waals surface area contributed by atoms with Crippen molar-refractivity contribution in [2.24, 2.45) is 5.92 Å². The third kappa shape index (κ3) is 3.36. The molecule has 4 heterocycles. The molecule has 4 aromatic rings. The van der Waals surface area contributed by atoms with E-state index in [0.717, 1.165) is 65.3 Å². The molecule has 142 valence electrons. The summed E-state index contributed by atoms with van der Waals surface area (Å²) >= 11 is 0. The number of anilines is 3. The average Bonchev–Trinajstić information content (AvgIpc) is 3.16. The maximum absolute atomic E-state index is 5.57. The Kier molecular flexibility index (Phi) is 4.50. The Morgan fingerprint density at radius 2 is 2.11 bits per heavy atom. The Morgan fingerprint density at radius 3 is 3.04 bits per heavy atom. The van der Waals surface area contributed by atoms with Crippen LogP contribution in [0.25, 0.3) is 21.8 Å². The summed E-state index contributed by atoms with van der Waals surface area (Å²) in [5.74, 6) is 2.19. The van der Waals surface area contributed by atoms with Gasteiger partial charge in [0, 0.05) is 36.6 Å². The lowest BCUT2D eigenvalue weighted by Crippen LogP contribution is -2.24. The summed E-state index contributed by atoms with van der Waals surface area (Å²) in [7, 11) is 0. The van der Waals surface area contributed by atoms with E-state index in [2.05, 4.69) is 42.9 Å². The fraction of sp³-hybridized carbons (Fsp3) is 0.286. The zero-order chi connectivity index (χ0) is 18.8. The van der Waals surface area contributed by atoms with Crippen molar-refractivity contribution in [1.82, 2.24) is 20.2 Å². The van der Waals surface area contributed by atoms with E-state index in [1.54, 1.807) is 6.20 Å². The minimum atomic E-state index is 0.548. The van der Waals surface area contributed by atoms with Crippen LogP contribution in [-0.2, 0) is 4.74 Å². The van der Waals surface area contributed by atoms with Gasteiger partial charge in [-0.25, -0.2) is 4.98 Å². The summed E-state index contributed by atoms with van der Waals surface area (Å²) in [6, 6.07) is 12.1. The molecule has 0 amide bonds.